The van der Waals surface area contributed by atoms with E-state index in [0.717, 1.165) is 12.1 Å². The second-order valence-corrected chi connectivity index (χ2v) is 7.15. The lowest BCUT2D eigenvalue weighted by atomic mass is 10.1. The van der Waals surface area contributed by atoms with Crippen molar-refractivity contribution >= 4 is 22.9 Å². The second-order valence-electron chi connectivity index (χ2n) is 7.15. The Morgan fingerprint density at radius 1 is 1.03 bits per heavy atom. The van der Waals surface area contributed by atoms with E-state index in [-0.39, 0.29) is 5.75 Å². The quantitative estimate of drug-likeness (QED) is 0.398. The third-order valence-electron chi connectivity index (χ3n) is 5.03. The third-order valence-corrected chi connectivity index (χ3v) is 5.03. The molecule has 0 amide bonds. The van der Waals surface area contributed by atoms with Gasteiger partial charge in [0, 0.05) is 43.5 Å². The Bertz CT molecular complexity index is 1340. The molecule has 0 bridgehead atoms. The van der Waals surface area contributed by atoms with Gasteiger partial charge in [-0.25, -0.2) is 8.78 Å². The van der Waals surface area contributed by atoms with E-state index < -0.39 is 17.4 Å². The highest BCUT2D eigenvalue weighted by Gasteiger charge is 2.21. The predicted molar refractivity (Wildman–Crippen MR) is 125 cm³/mol. The number of fused-ring (bicyclic) bond motifs is 3. The number of hydrogen-bond acceptors (Lipinski definition) is 8. The van der Waals surface area contributed by atoms with E-state index in [1.165, 1.54) is 25.6 Å². The van der Waals surface area contributed by atoms with Crippen LogP contribution in [-0.4, -0.2) is 43.6 Å². The number of nitrogens with zero attached hydrogens (tertiary/aromatic N) is 2. The lowest BCUT2D eigenvalue weighted by Crippen LogP contribution is -2.15. The van der Waals surface area contributed by atoms with Crippen molar-refractivity contribution in [2.24, 2.45) is 0 Å². The molecule has 0 saturated heterocycles. The van der Waals surface area contributed by atoms with Gasteiger partial charge in [0.15, 0.2) is 35.2 Å². The molecule has 8 nitrogen and oxygen atoms in total. The van der Waals surface area contributed by atoms with Crippen LogP contribution in [0.3, 0.4) is 0 Å². The number of halogens is 2. The van der Waals surface area contributed by atoms with Crippen molar-refractivity contribution < 1.29 is 32.5 Å². The van der Waals surface area contributed by atoms with Crippen LogP contribution in [0.25, 0.3) is 10.9 Å². The van der Waals surface area contributed by atoms with Crippen LogP contribution >= 0.6 is 0 Å². The molecule has 0 atom stereocenters. The average molecular weight is 481 g/mol. The average Bonchev–Trinajstić information content (AvgIpc) is 2.90. The first-order chi connectivity index (χ1) is 17.0. The Labute approximate surface area is 199 Å². The highest BCUT2D eigenvalue weighted by molar-refractivity contribution is 5.93. The summed E-state index contributed by atoms with van der Waals surface area (Å²) in [6.45, 7) is 0.809. The molecule has 0 aliphatic carbocycles. The highest BCUT2D eigenvalue weighted by Crippen LogP contribution is 2.43. The van der Waals surface area contributed by atoms with Gasteiger partial charge in [-0.05, 0) is 24.3 Å². The van der Waals surface area contributed by atoms with Crippen LogP contribution in [0.5, 0.6) is 28.7 Å². The van der Waals surface area contributed by atoms with E-state index in [1.807, 2.05) is 0 Å². The van der Waals surface area contributed by atoms with Gasteiger partial charge >= 0.3 is 0 Å². The van der Waals surface area contributed by atoms with Crippen molar-refractivity contribution in [3.05, 3.63) is 72.2 Å². The monoisotopic (exact) mass is 481 g/mol. The molecule has 1 aliphatic heterocycles. The molecule has 3 heterocycles. The Morgan fingerprint density at radius 2 is 1.77 bits per heavy atom. The fourth-order valence-corrected chi connectivity index (χ4v) is 3.38. The Hall–Kier alpha value is -4.47. The van der Waals surface area contributed by atoms with Crippen LogP contribution in [0.4, 0.5) is 14.5 Å². The maximum atomic E-state index is 14.2. The van der Waals surface area contributed by atoms with Crippen LogP contribution in [0, 0.1) is 11.6 Å². The van der Waals surface area contributed by atoms with Crippen LogP contribution in [0.2, 0.25) is 0 Å². The summed E-state index contributed by atoms with van der Waals surface area (Å²) in [7, 11) is 3.09. The molecule has 4 aromatic rings. The summed E-state index contributed by atoms with van der Waals surface area (Å²) in [6.07, 6.45) is 5.26. The van der Waals surface area contributed by atoms with Crippen LogP contribution in [0.1, 0.15) is 10.4 Å². The normalized spacial score (nSPS) is 11.8. The Morgan fingerprint density at radius 3 is 2.46 bits per heavy atom. The SMILES string of the molecule is CNc1cc(F)c(Oc2ccnc3ccc4c(c23)OCCO4)c(F)c1.COc1ccncc1C=O. The number of benzene rings is 2. The lowest BCUT2D eigenvalue weighted by Gasteiger charge is -2.21. The van der Waals surface area contributed by atoms with Crippen molar-refractivity contribution in [3.63, 3.8) is 0 Å². The Balaban J connectivity index is 0.000000243. The van der Waals surface area contributed by atoms with Crippen molar-refractivity contribution in [2.45, 2.75) is 0 Å². The van der Waals surface area contributed by atoms with E-state index in [0.29, 0.717) is 58.9 Å². The molecule has 35 heavy (non-hydrogen) atoms. The first-order valence-electron chi connectivity index (χ1n) is 10.5. The molecule has 0 unspecified atom stereocenters. The van der Waals surface area contributed by atoms with Gasteiger partial charge in [-0.1, -0.05) is 0 Å². The third kappa shape index (κ3) is 5.06. The molecular weight excluding hydrogens is 460 g/mol. The van der Waals surface area contributed by atoms with Gasteiger partial charge in [0.1, 0.15) is 24.7 Å². The second kappa shape index (κ2) is 10.6. The largest absolute Gasteiger partial charge is 0.496 e. The van der Waals surface area contributed by atoms with Crippen molar-refractivity contribution in [1.82, 2.24) is 9.97 Å². The molecule has 1 aliphatic rings. The van der Waals surface area contributed by atoms with E-state index in [1.54, 1.807) is 31.4 Å². The number of carbonyl (C=O) groups excluding carboxylic acids is 1. The molecule has 0 spiro atoms. The van der Waals surface area contributed by atoms with E-state index in [4.69, 9.17) is 18.9 Å². The summed E-state index contributed by atoms with van der Waals surface area (Å²) in [4.78, 5) is 18.3. The summed E-state index contributed by atoms with van der Waals surface area (Å²) in [5.74, 6) is -0.302. The van der Waals surface area contributed by atoms with Crippen LogP contribution < -0.4 is 24.3 Å². The van der Waals surface area contributed by atoms with Gasteiger partial charge in [0.25, 0.3) is 0 Å². The molecule has 2 aromatic heterocycles. The van der Waals surface area contributed by atoms with Gasteiger partial charge in [0.2, 0.25) is 0 Å². The maximum absolute atomic E-state index is 14.2. The summed E-state index contributed by atoms with van der Waals surface area (Å²) in [5, 5.41) is 3.20. The molecule has 5 rings (SSSR count). The zero-order valence-electron chi connectivity index (χ0n) is 18.9. The highest BCUT2D eigenvalue weighted by atomic mass is 19.1. The van der Waals surface area contributed by atoms with Gasteiger partial charge in [-0.15, -0.1) is 0 Å². The first kappa shape index (κ1) is 23.7. The number of anilines is 1. The number of aldehydes is 1. The van der Waals surface area contributed by atoms with Gasteiger partial charge < -0.3 is 24.3 Å². The van der Waals surface area contributed by atoms with Gasteiger partial charge in [-0.2, -0.15) is 0 Å². The number of nitrogens with one attached hydrogen (secondary N) is 1. The van der Waals surface area contributed by atoms with Crippen molar-refractivity contribution in [1.29, 1.82) is 0 Å². The number of hydrogen-bond donors (Lipinski definition) is 1. The zero-order valence-corrected chi connectivity index (χ0v) is 18.9. The van der Waals surface area contributed by atoms with E-state index in [2.05, 4.69) is 15.3 Å². The van der Waals surface area contributed by atoms with Gasteiger partial charge in [-0.3, -0.25) is 14.8 Å². The molecule has 0 fully saturated rings. The van der Waals surface area contributed by atoms with E-state index >= 15 is 0 Å². The molecule has 10 heteroatoms. The number of methoxy groups -OCH3 is 1. The minimum atomic E-state index is -0.809. The van der Waals surface area contributed by atoms with E-state index in [9.17, 15) is 13.6 Å². The standard InChI is InChI=1S/C18H14F2N2O3.C7H7NO2/c1-21-10-8-11(19)17(12(20)9-10)25-14-4-5-22-13-2-3-15-18(16(13)14)24-7-6-23-15;1-10-7-2-3-8-4-6(7)5-9/h2-5,8-9,21H,6-7H2,1H3;2-5H,1H3. The fourth-order valence-electron chi connectivity index (χ4n) is 3.38. The van der Waals surface area contributed by atoms with Gasteiger partial charge in [0.05, 0.1) is 23.6 Å². The molecule has 1 N–H and O–H groups in total. The minimum Gasteiger partial charge on any atom is -0.496 e. The van der Waals surface area contributed by atoms with Crippen LogP contribution in [0.15, 0.2) is 55.0 Å². The zero-order chi connectivity index (χ0) is 24.8. The first-order valence-corrected chi connectivity index (χ1v) is 10.5. The summed E-state index contributed by atoms with van der Waals surface area (Å²) in [5.41, 5.74) is 1.37. The van der Waals surface area contributed by atoms with Crippen LogP contribution in [-0.2, 0) is 0 Å². The molecule has 0 saturated carbocycles. The topological polar surface area (TPSA) is 91.8 Å². The van der Waals surface area contributed by atoms with Crippen molar-refractivity contribution in [2.75, 3.05) is 32.7 Å². The lowest BCUT2D eigenvalue weighted by molar-refractivity contribution is 0.112. The predicted octanol–water partition coefficient (Wildman–Crippen LogP) is 5.02. The summed E-state index contributed by atoms with van der Waals surface area (Å²) >= 11 is 0. The smallest absolute Gasteiger partial charge is 0.198 e. The fraction of sp³-hybridized carbons (Fsp3) is 0.160. The minimum absolute atomic E-state index is 0.238. The number of aromatic nitrogens is 2. The number of pyridine rings is 2. The Kier molecular flexibility index (Phi) is 7.20. The number of ether oxygens (including phenoxy) is 4. The molecule has 180 valence electrons. The number of carbonyl (C=O) groups is 1. The summed E-state index contributed by atoms with van der Waals surface area (Å²) < 4.78 is 50.1. The molecular formula is C25H21F2N3O5. The van der Waals surface area contributed by atoms with Crippen molar-refractivity contribution in [3.8, 4) is 28.7 Å². The maximum Gasteiger partial charge on any atom is 0.198 e. The number of rotatable bonds is 5. The summed E-state index contributed by atoms with van der Waals surface area (Å²) in [6, 6.07) is 8.99. The molecule has 2 aromatic carbocycles. The molecule has 0 radical (unpaired) electrons.